The second-order valence-corrected chi connectivity index (χ2v) is 9.00. The number of carbonyl (C=O) groups excluding carboxylic acids is 1. The largest absolute Gasteiger partial charge is 0.486 e. The van der Waals surface area contributed by atoms with Gasteiger partial charge in [-0.05, 0) is 79.5 Å². The van der Waals surface area contributed by atoms with Crippen molar-refractivity contribution in [1.82, 2.24) is 0 Å². The lowest BCUT2D eigenvalue weighted by Crippen LogP contribution is -2.45. The van der Waals surface area contributed by atoms with E-state index < -0.39 is 23.4 Å². The standard InChI is InChI=1S/C25H24F3NO3/c26-25(27,28)17-6-8-19-16(14-24(9-2-10-24)32-22(19)12-17)11-23(31)29-18-7-5-15-3-1-4-21(30)20(15)13-18/h5-8,11-13,21,30H,1-4,9-10,14H2,(H,29,31)/b16-11+/t21-/m0/s1. The fourth-order valence-electron chi connectivity index (χ4n) is 4.93. The van der Waals surface area contributed by atoms with Crippen LogP contribution in [0.1, 0.15) is 66.9 Å². The first-order valence-electron chi connectivity index (χ1n) is 11.0. The van der Waals surface area contributed by atoms with Crippen LogP contribution in [0.5, 0.6) is 5.75 Å². The summed E-state index contributed by atoms with van der Waals surface area (Å²) in [6.45, 7) is 0. The van der Waals surface area contributed by atoms with Crippen LogP contribution >= 0.6 is 0 Å². The number of ether oxygens (including phenoxy) is 1. The zero-order chi connectivity index (χ0) is 22.5. The first kappa shape index (κ1) is 21.1. The molecule has 0 radical (unpaired) electrons. The third-order valence-electron chi connectivity index (χ3n) is 6.76. The zero-order valence-electron chi connectivity index (χ0n) is 17.5. The van der Waals surface area contributed by atoms with Crippen LogP contribution < -0.4 is 10.1 Å². The average Bonchev–Trinajstić information content (AvgIpc) is 2.72. The van der Waals surface area contributed by atoms with Crippen molar-refractivity contribution in [2.24, 2.45) is 0 Å². The summed E-state index contributed by atoms with van der Waals surface area (Å²) in [7, 11) is 0. The summed E-state index contributed by atoms with van der Waals surface area (Å²) in [6.07, 6.45) is 1.97. The molecule has 0 unspecified atom stereocenters. The van der Waals surface area contributed by atoms with E-state index in [9.17, 15) is 23.1 Å². The molecule has 7 heteroatoms. The molecule has 3 aliphatic rings. The maximum atomic E-state index is 13.2. The van der Waals surface area contributed by atoms with Gasteiger partial charge in [-0.25, -0.2) is 0 Å². The molecular formula is C25H24F3NO3. The number of benzene rings is 2. The minimum absolute atomic E-state index is 0.182. The Balaban J connectivity index is 1.43. The number of aliphatic hydroxyl groups excluding tert-OH is 1. The van der Waals surface area contributed by atoms with Gasteiger partial charge in [-0.2, -0.15) is 13.2 Å². The molecule has 1 heterocycles. The van der Waals surface area contributed by atoms with Crippen LogP contribution in [0.3, 0.4) is 0 Å². The summed E-state index contributed by atoms with van der Waals surface area (Å²) in [5.41, 5.74) is 2.42. The molecule has 0 bridgehead atoms. The summed E-state index contributed by atoms with van der Waals surface area (Å²) in [5, 5.41) is 13.1. The fraction of sp³-hybridized carbons (Fsp3) is 0.400. The number of anilines is 1. The van der Waals surface area contributed by atoms with Crippen molar-refractivity contribution in [1.29, 1.82) is 0 Å². The Hall–Kier alpha value is -2.80. The van der Waals surface area contributed by atoms with Crippen molar-refractivity contribution in [3.63, 3.8) is 0 Å². The summed E-state index contributed by atoms with van der Waals surface area (Å²) in [5.74, 6) is -0.172. The monoisotopic (exact) mass is 443 g/mol. The number of fused-ring (bicyclic) bond motifs is 2. The second-order valence-electron chi connectivity index (χ2n) is 9.00. The van der Waals surface area contributed by atoms with E-state index >= 15 is 0 Å². The number of aliphatic hydroxyl groups is 1. The first-order valence-corrected chi connectivity index (χ1v) is 11.0. The van der Waals surface area contributed by atoms with Crippen LogP contribution in [0.4, 0.5) is 18.9 Å². The number of alkyl halides is 3. The Bertz CT molecular complexity index is 1100. The average molecular weight is 443 g/mol. The van der Waals surface area contributed by atoms with Gasteiger partial charge in [0, 0.05) is 23.7 Å². The van der Waals surface area contributed by atoms with Gasteiger partial charge in [0.2, 0.25) is 5.91 Å². The van der Waals surface area contributed by atoms with Crippen LogP contribution in [-0.4, -0.2) is 16.6 Å². The van der Waals surface area contributed by atoms with E-state index in [1.807, 2.05) is 12.1 Å². The van der Waals surface area contributed by atoms with Crippen molar-refractivity contribution in [3.05, 3.63) is 64.7 Å². The predicted molar refractivity (Wildman–Crippen MR) is 114 cm³/mol. The fourth-order valence-corrected chi connectivity index (χ4v) is 4.93. The van der Waals surface area contributed by atoms with Crippen LogP contribution in [0, 0.1) is 0 Å². The van der Waals surface area contributed by atoms with Crippen molar-refractivity contribution >= 4 is 17.2 Å². The molecule has 4 nitrogen and oxygen atoms in total. The van der Waals surface area contributed by atoms with Crippen LogP contribution in [0.2, 0.25) is 0 Å². The molecule has 1 amide bonds. The number of nitrogens with one attached hydrogen (secondary N) is 1. The highest BCUT2D eigenvalue weighted by Gasteiger charge is 2.44. The summed E-state index contributed by atoms with van der Waals surface area (Å²) >= 11 is 0. The maximum absolute atomic E-state index is 13.2. The molecule has 2 aliphatic carbocycles. The van der Waals surface area contributed by atoms with Crippen LogP contribution in [-0.2, 0) is 17.4 Å². The van der Waals surface area contributed by atoms with E-state index in [2.05, 4.69) is 5.32 Å². The molecule has 1 saturated carbocycles. The Morgan fingerprint density at radius 1 is 1.16 bits per heavy atom. The third kappa shape index (κ3) is 3.90. The molecule has 1 fully saturated rings. The highest BCUT2D eigenvalue weighted by atomic mass is 19.4. The molecule has 2 aromatic carbocycles. The lowest BCUT2D eigenvalue weighted by molar-refractivity contribution is -0.138. The zero-order valence-corrected chi connectivity index (χ0v) is 17.5. The van der Waals surface area contributed by atoms with Crippen molar-refractivity contribution in [2.45, 2.75) is 62.8 Å². The lowest BCUT2D eigenvalue weighted by Gasteiger charge is -2.46. The normalized spacial score (nSPS) is 22.5. The summed E-state index contributed by atoms with van der Waals surface area (Å²) in [6, 6.07) is 8.98. The van der Waals surface area contributed by atoms with Gasteiger partial charge in [-0.3, -0.25) is 4.79 Å². The maximum Gasteiger partial charge on any atom is 0.416 e. The van der Waals surface area contributed by atoms with Crippen molar-refractivity contribution in [2.75, 3.05) is 5.32 Å². The Labute approximate surface area is 184 Å². The Kier molecular flexibility index (Phi) is 5.04. The predicted octanol–water partition coefficient (Wildman–Crippen LogP) is 5.80. The van der Waals surface area contributed by atoms with Crippen molar-refractivity contribution in [3.8, 4) is 5.75 Å². The van der Waals surface area contributed by atoms with E-state index in [0.29, 0.717) is 29.7 Å². The molecule has 1 aliphatic heterocycles. The van der Waals surface area contributed by atoms with Gasteiger partial charge in [0.1, 0.15) is 11.4 Å². The van der Waals surface area contributed by atoms with E-state index in [1.165, 1.54) is 12.1 Å². The smallest absolute Gasteiger partial charge is 0.416 e. The number of rotatable bonds is 2. The second kappa shape index (κ2) is 7.66. The molecule has 168 valence electrons. The van der Waals surface area contributed by atoms with Gasteiger partial charge < -0.3 is 15.2 Å². The number of carbonyl (C=O) groups is 1. The van der Waals surface area contributed by atoms with E-state index in [0.717, 1.165) is 55.4 Å². The quantitative estimate of drug-likeness (QED) is 0.577. The number of hydrogen-bond donors (Lipinski definition) is 2. The van der Waals surface area contributed by atoms with E-state index in [-0.39, 0.29) is 11.7 Å². The highest BCUT2D eigenvalue weighted by Crippen LogP contribution is 2.50. The Morgan fingerprint density at radius 2 is 1.97 bits per heavy atom. The number of hydrogen-bond acceptors (Lipinski definition) is 3. The molecule has 32 heavy (non-hydrogen) atoms. The van der Waals surface area contributed by atoms with E-state index in [4.69, 9.17) is 4.74 Å². The number of aryl methyl sites for hydroxylation is 1. The van der Waals surface area contributed by atoms with Gasteiger partial charge in [-0.1, -0.05) is 12.1 Å². The summed E-state index contributed by atoms with van der Waals surface area (Å²) < 4.78 is 45.6. The molecule has 2 N–H and O–H groups in total. The molecule has 0 saturated heterocycles. The van der Waals surface area contributed by atoms with Gasteiger partial charge in [0.25, 0.3) is 0 Å². The van der Waals surface area contributed by atoms with Gasteiger partial charge >= 0.3 is 6.18 Å². The first-order chi connectivity index (χ1) is 15.2. The Morgan fingerprint density at radius 3 is 2.69 bits per heavy atom. The number of amides is 1. The molecule has 2 aromatic rings. The van der Waals surface area contributed by atoms with Gasteiger partial charge in [0.15, 0.2) is 0 Å². The SMILES string of the molecule is O=C(/C=C1\CC2(CCC2)Oc2cc(C(F)(F)F)ccc21)Nc1ccc2c(c1)[C@@H](O)CCC2. The highest BCUT2D eigenvalue weighted by molar-refractivity contribution is 6.04. The molecular weight excluding hydrogens is 419 g/mol. The van der Waals surface area contributed by atoms with Gasteiger partial charge in [-0.15, -0.1) is 0 Å². The minimum Gasteiger partial charge on any atom is -0.486 e. The van der Waals surface area contributed by atoms with Crippen molar-refractivity contribution < 1.29 is 27.8 Å². The van der Waals surface area contributed by atoms with Crippen LogP contribution in [0.25, 0.3) is 5.57 Å². The lowest BCUT2D eigenvalue weighted by atomic mass is 9.72. The third-order valence-corrected chi connectivity index (χ3v) is 6.76. The van der Waals surface area contributed by atoms with Crippen LogP contribution in [0.15, 0.2) is 42.5 Å². The molecule has 1 atom stereocenters. The minimum atomic E-state index is -4.46. The van der Waals surface area contributed by atoms with Gasteiger partial charge in [0.05, 0.1) is 11.7 Å². The topological polar surface area (TPSA) is 58.6 Å². The molecule has 1 spiro atoms. The van der Waals surface area contributed by atoms with E-state index in [1.54, 1.807) is 6.07 Å². The molecule has 0 aromatic heterocycles. The number of halogens is 3. The molecule has 5 rings (SSSR count). The summed E-state index contributed by atoms with van der Waals surface area (Å²) in [4.78, 5) is 12.8.